The third kappa shape index (κ3) is 8.08. The second-order valence-electron chi connectivity index (χ2n) is 12.5. The minimum Gasteiger partial charge on any atom is -0.481 e. The second-order valence-corrected chi connectivity index (χ2v) is 17.9. The molecule has 1 atom stereocenters. The zero-order valence-electron chi connectivity index (χ0n) is 27.6. The molecule has 0 bridgehead atoms. The molecule has 3 N–H and O–H groups in total. The second kappa shape index (κ2) is 15.6. The van der Waals surface area contributed by atoms with Gasteiger partial charge in [0.25, 0.3) is 0 Å². The lowest BCUT2D eigenvalue weighted by atomic mass is 9.87. The van der Waals surface area contributed by atoms with Crippen LogP contribution in [0.2, 0.25) is 12.6 Å². The van der Waals surface area contributed by atoms with E-state index in [-0.39, 0.29) is 12.3 Å². The highest BCUT2D eigenvalue weighted by Crippen LogP contribution is 2.44. The lowest BCUT2D eigenvalue weighted by Crippen LogP contribution is -2.52. The number of carboxylic acids is 2. The summed E-state index contributed by atoms with van der Waals surface area (Å²) in [5.74, 6) is -0.0518. The van der Waals surface area contributed by atoms with Crippen molar-refractivity contribution in [2.75, 3.05) is 51.1 Å². The lowest BCUT2D eigenvalue weighted by Gasteiger charge is -2.40. The largest absolute Gasteiger partial charge is 0.481 e. The van der Waals surface area contributed by atoms with E-state index in [1.54, 1.807) is 23.9 Å². The molecule has 0 radical (unpaired) electrons. The maximum atomic E-state index is 12.4. The monoisotopic (exact) mass is 660 g/mol. The number of benzene rings is 2. The Labute approximate surface area is 277 Å². The van der Waals surface area contributed by atoms with Gasteiger partial charge in [-0.2, -0.15) is 11.8 Å². The zero-order chi connectivity index (χ0) is 33.4. The molecule has 8 nitrogen and oxygen atoms in total. The first-order chi connectivity index (χ1) is 21.9. The molecule has 0 fully saturated rings. The van der Waals surface area contributed by atoms with Crippen molar-refractivity contribution in [1.29, 1.82) is 0 Å². The van der Waals surface area contributed by atoms with E-state index in [1.165, 1.54) is 10.4 Å². The molecule has 46 heavy (non-hydrogen) atoms. The summed E-state index contributed by atoms with van der Waals surface area (Å²) in [6.45, 7) is 3.01. The molecule has 0 aromatic heterocycles. The Hall–Kier alpha value is -3.89. The normalized spacial score (nSPS) is 16.8. The number of amides is 1. The highest BCUT2D eigenvalue weighted by Gasteiger charge is 2.44. The van der Waals surface area contributed by atoms with Crippen LogP contribution in [0.1, 0.15) is 53.6 Å². The van der Waals surface area contributed by atoms with Crippen LogP contribution in [0.15, 0.2) is 71.5 Å². The Morgan fingerprint density at radius 1 is 0.935 bits per heavy atom. The Kier molecular flexibility index (Phi) is 11.9. The lowest BCUT2D eigenvalue weighted by molar-refractivity contribution is -0.462. The number of unbranched alkanes of at least 4 members (excludes halogenated alkanes) is 2. The molecule has 0 spiro atoms. The van der Waals surface area contributed by atoms with E-state index in [1.807, 2.05) is 40.3 Å². The number of allylic oxidation sites excluding steroid dienone is 5. The van der Waals surface area contributed by atoms with E-state index < -0.39 is 20.0 Å². The SMILES string of the molecule is CN(C)c1ccc2c(c1)[Si](C)(CCSCCC(=O)NCCCCCC(=O)O)C1=CC(=[N+](C)C)C=CC1=C2c1ccccc1C(=O)O. The third-order valence-electron chi connectivity index (χ3n) is 8.80. The number of carbonyl (C=O) groups is 3. The van der Waals surface area contributed by atoms with Crippen molar-refractivity contribution in [3.05, 3.63) is 88.2 Å². The van der Waals surface area contributed by atoms with Crippen LogP contribution in [0.3, 0.4) is 0 Å². The van der Waals surface area contributed by atoms with Crippen LogP contribution in [0.4, 0.5) is 5.69 Å². The molecule has 0 saturated heterocycles. The summed E-state index contributed by atoms with van der Waals surface area (Å²) in [4.78, 5) is 37.6. The van der Waals surface area contributed by atoms with Gasteiger partial charge < -0.3 is 20.4 Å². The Morgan fingerprint density at radius 3 is 2.39 bits per heavy atom. The van der Waals surface area contributed by atoms with Gasteiger partial charge in [-0.15, -0.1) is 0 Å². The van der Waals surface area contributed by atoms with E-state index in [0.29, 0.717) is 24.9 Å². The highest BCUT2D eigenvalue weighted by molar-refractivity contribution is 7.99. The van der Waals surface area contributed by atoms with Crippen molar-refractivity contribution >= 4 is 59.8 Å². The van der Waals surface area contributed by atoms with Gasteiger partial charge in [-0.3, -0.25) is 9.59 Å². The van der Waals surface area contributed by atoms with Crippen molar-refractivity contribution in [1.82, 2.24) is 5.32 Å². The van der Waals surface area contributed by atoms with Gasteiger partial charge in [0.1, 0.15) is 22.2 Å². The Bertz CT molecular complexity index is 1620. The van der Waals surface area contributed by atoms with Gasteiger partial charge in [-0.25, -0.2) is 9.37 Å². The van der Waals surface area contributed by atoms with Crippen LogP contribution >= 0.6 is 11.8 Å². The van der Waals surface area contributed by atoms with Crippen molar-refractivity contribution in [3.63, 3.8) is 0 Å². The first kappa shape index (κ1) is 35.0. The molecule has 10 heteroatoms. The van der Waals surface area contributed by atoms with Crippen LogP contribution in [-0.2, 0) is 9.59 Å². The van der Waals surface area contributed by atoms with Crippen LogP contribution in [-0.4, -0.2) is 92.7 Å². The maximum Gasteiger partial charge on any atom is 0.336 e. The minimum atomic E-state index is -2.36. The fraction of sp³-hybridized carbons (Fsp3) is 0.389. The standard InChI is InChI=1S/C36H45N3O5SSi/c1-38(2)25-14-16-29-31(23-25)46(5,22-21-45-20-18-33(40)37-19-10-6-7-13-34(41)42)32-24-26(39(3)4)15-17-30(32)35(29)27-11-8-9-12-28(27)36(43)44/h8-9,11-12,14-17,23-24H,6-7,10,13,18-22H2,1-5H3,(H2-,37,40,41,42,43,44)/p+1. The van der Waals surface area contributed by atoms with Gasteiger partial charge in [0, 0.05) is 57.1 Å². The smallest absolute Gasteiger partial charge is 0.336 e. The molecule has 4 rings (SSSR count). The first-order valence-electron chi connectivity index (χ1n) is 15.8. The van der Waals surface area contributed by atoms with Gasteiger partial charge in [0.15, 0.2) is 5.71 Å². The third-order valence-corrected chi connectivity index (χ3v) is 14.6. The quantitative estimate of drug-likeness (QED) is 0.137. The molecule has 1 heterocycles. The highest BCUT2D eigenvalue weighted by atomic mass is 32.2. The molecular weight excluding hydrogens is 615 g/mol. The van der Waals surface area contributed by atoms with Gasteiger partial charge in [0.2, 0.25) is 5.91 Å². The predicted octanol–water partition coefficient (Wildman–Crippen LogP) is 5.18. The number of nitrogens with one attached hydrogen (secondary N) is 1. The molecule has 2 aromatic rings. The van der Waals surface area contributed by atoms with Gasteiger partial charge >= 0.3 is 11.9 Å². The van der Waals surface area contributed by atoms with Crippen LogP contribution < -0.4 is 15.4 Å². The maximum absolute atomic E-state index is 12.4. The van der Waals surface area contributed by atoms with Crippen LogP contribution in [0, 0.1) is 0 Å². The number of hydrogen-bond acceptors (Lipinski definition) is 5. The summed E-state index contributed by atoms with van der Waals surface area (Å²) in [7, 11) is 5.82. The number of thioether (sulfide) groups is 1. The number of hydrogen-bond donors (Lipinski definition) is 3. The molecular formula is C36H46N3O5SSi+. The minimum absolute atomic E-state index is 0.0325. The molecule has 0 saturated carbocycles. The summed E-state index contributed by atoms with van der Waals surface area (Å²) in [5, 5.41) is 24.5. The molecule has 2 aromatic carbocycles. The van der Waals surface area contributed by atoms with E-state index in [0.717, 1.165) is 64.1 Å². The van der Waals surface area contributed by atoms with E-state index in [2.05, 4.69) is 57.8 Å². The topological polar surface area (TPSA) is 110 Å². The number of carboxylic acid groups (broad SMARTS) is 2. The zero-order valence-corrected chi connectivity index (χ0v) is 29.4. The summed E-state index contributed by atoms with van der Waals surface area (Å²) in [6, 6.07) is 14.9. The number of carbonyl (C=O) groups excluding carboxylic acids is 1. The number of anilines is 1. The summed E-state index contributed by atoms with van der Waals surface area (Å²) in [5.41, 5.74) is 6.42. The molecule has 1 aliphatic heterocycles. The average Bonchev–Trinajstić information content (AvgIpc) is 3.02. The number of fused-ring (bicyclic) bond motifs is 2. The molecule has 1 unspecified atom stereocenters. The Balaban J connectivity index is 1.61. The van der Waals surface area contributed by atoms with Crippen molar-refractivity contribution < 1.29 is 29.2 Å². The van der Waals surface area contributed by atoms with E-state index in [4.69, 9.17) is 5.11 Å². The number of aromatic carboxylic acids is 1. The molecule has 244 valence electrons. The van der Waals surface area contributed by atoms with Gasteiger partial charge in [-0.1, -0.05) is 37.2 Å². The van der Waals surface area contributed by atoms with Crippen molar-refractivity contribution in [2.45, 2.75) is 44.7 Å². The van der Waals surface area contributed by atoms with E-state index in [9.17, 15) is 19.5 Å². The summed E-state index contributed by atoms with van der Waals surface area (Å²) in [6.07, 6.45) is 9.43. The number of nitrogens with zero attached hydrogens (tertiary/aromatic N) is 2. The van der Waals surface area contributed by atoms with Crippen LogP contribution in [0.25, 0.3) is 5.57 Å². The van der Waals surface area contributed by atoms with Crippen molar-refractivity contribution in [2.24, 2.45) is 0 Å². The summed E-state index contributed by atoms with van der Waals surface area (Å²) < 4.78 is 2.12. The number of rotatable bonds is 15. The van der Waals surface area contributed by atoms with E-state index >= 15 is 0 Å². The molecule has 1 aliphatic carbocycles. The molecule has 1 amide bonds. The fourth-order valence-corrected chi connectivity index (χ4v) is 12.3. The average molecular weight is 661 g/mol. The van der Waals surface area contributed by atoms with Crippen molar-refractivity contribution in [3.8, 4) is 0 Å². The predicted molar refractivity (Wildman–Crippen MR) is 192 cm³/mol. The Morgan fingerprint density at radius 2 is 1.70 bits per heavy atom. The summed E-state index contributed by atoms with van der Waals surface area (Å²) >= 11 is 1.80. The van der Waals surface area contributed by atoms with Gasteiger partial charge in [0.05, 0.1) is 5.56 Å². The van der Waals surface area contributed by atoms with Gasteiger partial charge in [-0.05, 0) is 81.6 Å². The fourth-order valence-electron chi connectivity index (χ4n) is 6.14. The first-order valence-corrected chi connectivity index (χ1v) is 19.7. The number of aliphatic carboxylic acids is 1. The molecule has 2 aliphatic rings. The van der Waals surface area contributed by atoms with Crippen LogP contribution in [0.5, 0.6) is 0 Å².